The molecule has 2 heterocycles. The maximum absolute atomic E-state index is 12.0. The molecule has 7 heteroatoms. The summed E-state index contributed by atoms with van der Waals surface area (Å²) in [5.41, 5.74) is 1.31. The summed E-state index contributed by atoms with van der Waals surface area (Å²) in [7, 11) is 0. The standard InChI is InChI=1S/C15H19N5OS/c21-15(18-14-9-16-19-22-14)17-13-7-4-8-20(11-13)10-12-5-2-1-3-6-12/h1-3,5-6,9,13H,4,7-8,10-11H2,(H2,17,18,21)/t13-/m0/s1. The molecule has 0 aliphatic carbocycles. The molecule has 0 bridgehead atoms. The highest BCUT2D eigenvalue weighted by Crippen LogP contribution is 2.14. The lowest BCUT2D eigenvalue weighted by Crippen LogP contribution is -2.48. The molecule has 1 aromatic heterocycles. The lowest BCUT2D eigenvalue weighted by molar-refractivity contribution is 0.183. The third kappa shape index (κ3) is 4.25. The number of rotatable bonds is 4. The molecule has 2 aromatic rings. The molecule has 2 N–H and O–H groups in total. The summed E-state index contributed by atoms with van der Waals surface area (Å²) in [5, 5.41) is 10.2. The van der Waals surface area contributed by atoms with Crippen molar-refractivity contribution in [2.75, 3.05) is 18.4 Å². The van der Waals surface area contributed by atoms with Crippen LogP contribution in [0.3, 0.4) is 0 Å². The summed E-state index contributed by atoms with van der Waals surface area (Å²) in [4.78, 5) is 14.3. The van der Waals surface area contributed by atoms with Gasteiger partial charge in [-0.25, -0.2) is 4.79 Å². The number of hydrogen-bond donors (Lipinski definition) is 2. The molecule has 3 rings (SSSR count). The van der Waals surface area contributed by atoms with Crippen LogP contribution >= 0.6 is 11.5 Å². The zero-order chi connectivity index (χ0) is 15.2. The second-order valence-electron chi connectivity index (χ2n) is 5.44. The van der Waals surface area contributed by atoms with Crippen LogP contribution in [0, 0.1) is 0 Å². The van der Waals surface area contributed by atoms with Gasteiger partial charge in [0.15, 0.2) is 0 Å². The summed E-state index contributed by atoms with van der Waals surface area (Å²) in [6, 6.07) is 10.4. The van der Waals surface area contributed by atoms with Crippen molar-refractivity contribution in [2.45, 2.75) is 25.4 Å². The van der Waals surface area contributed by atoms with Crippen LogP contribution in [0.1, 0.15) is 18.4 Å². The molecule has 1 saturated heterocycles. The van der Waals surface area contributed by atoms with Crippen molar-refractivity contribution in [3.8, 4) is 0 Å². The minimum absolute atomic E-state index is 0.179. The number of carbonyl (C=O) groups excluding carboxylic acids is 1. The Morgan fingerprint density at radius 3 is 3.00 bits per heavy atom. The SMILES string of the molecule is O=C(Nc1cnns1)N[C@H]1CCCN(Cc2ccccc2)C1. The molecule has 2 amide bonds. The first kappa shape index (κ1) is 14.9. The molecule has 6 nitrogen and oxygen atoms in total. The molecule has 0 radical (unpaired) electrons. The van der Waals surface area contributed by atoms with Gasteiger partial charge in [0.1, 0.15) is 5.00 Å². The van der Waals surface area contributed by atoms with Crippen molar-refractivity contribution in [3.63, 3.8) is 0 Å². The van der Waals surface area contributed by atoms with Crippen LogP contribution in [-0.4, -0.2) is 39.6 Å². The minimum atomic E-state index is -0.183. The van der Waals surface area contributed by atoms with Crippen LogP contribution in [0.2, 0.25) is 0 Å². The lowest BCUT2D eigenvalue weighted by atomic mass is 10.0. The van der Waals surface area contributed by atoms with E-state index in [2.05, 4.69) is 49.4 Å². The smallest absolute Gasteiger partial charge is 0.320 e. The molecule has 22 heavy (non-hydrogen) atoms. The monoisotopic (exact) mass is 317 g/mol. The molecular weight excluding hydrogens is 298 g/mol. The van der Waals surface area contributed by atoms with Crippen molar-refractivity contribution >= 4 is 22.6 Å². The van der Waals surface area contributed by atoms with E-state index in [1.165, 1.54) is 17.1 Å². The summed E-state index contributed by atoms with van der Waals surface area (Å²) in [6.45, 7) is 2.89. The van der Waals surface area contributed by atoms with Gasteiger partial charge in [-0.15, -0.1) is 5.10 Å². The number of benzene rings is 1. The number of piperidine rings is 1. The van der Waals surface area contributed by atoms with E-state index in [1.807, 2.05) is 6.07 Å². The highest BCUT2D eigenvalue weighted by molar-refractivity contribution is 7.10. The number of aromatic nitrogens is 2. The van der Waals surface area contributed by atoms with E-state index in [0.717, 1.165) is 32.5 Å². The molecule has 116 valence electrons. The Hall–Kier alpha value is -1.99. The Morgan fingerprint density at radius 1 is 1.36 bits per heavy atom. The maximum Gasteiger partial charge on any atom is 0.320 e. The lowest BCUT2D eigenvalue weighted by Gasteiger charge is -2.33. The summed E-state index contributed by atoms with van der Waals surface area (Å²) >= 11 is 1.17. The average molecular weight is 317 g/mol. The van der Waals surface area contributed by atoms with Crippen LogP contribution in [-0.2, 0) is 6.54 Å². The van der Waals surface area contributed by atoms with Gasteiger partial charge in [-0.3, -0.25) is 10.2 Å². The topological polar surface area (TPSA) is 70.1 Å². The molecule has 1 atom stereocenters. The first-order valence-corrected chi connectivity index (χ1v) is 8.18. The van der Waals surface area contributed by atoms with Gasteiger partial charge >= 0.3 is 6.03 Å². The Labute approximate surface area is 133 Å². The fraction of sp³-hybridized carbons (Fsp3) is 0.400. The molecule has 1 fully saturated rings. The van der Waals surface area contributed by atoms with E-state index in [1.54, 1.807) is 6.20 Å². The molecule has 0 unspecified atom stereocenters. The number of hydrogen-bond acceptors (Lipinski definition) is 5. The van der Waals surface area contributed by atoms with Crippen molar-refractivity contribution in [2.24, 2.45) is 0 Å². The third-order valence-corrected chi connectivity index (χ3v) is 4.27. The normalized spacial score (nSPS) is 18.8. The van der Waals surface area contributed by atoms with E-state index < -0.39 is 0 Å². The average Bonchev–Trinajstić information content (AvgIpc) is 3.01. The predicted molar refractivity (Wildman–Crippen MR) is 86.8 cm³/mol. The van der Waals surface area contributed by atoms with E-state index in [9.17, 15) is 4.79 Å². The van der Waals surface area contributed by atoms with E-state index in [4.69, 9.17) is 0 Å². The molecule has 0 saturated carbocycles. The highest BCUT2D eigenvalue weighted by atomic mass is 32.1. The van der Waals surface area contributed by atoms with Crippen molar-refractivity contribution in [1.29, 1.82) is 0 Å². The largest absolute Gasteiger partial charge is 0.334 e. The van der Waals surface area contributed by atoms with Crippen LogP contribution in [0.5, 0.6) is 0 Å². The number of anilines is 1. The third-order valence-electron chi connectivity index (χ3n) is 3.69. The molecule has 1 aromatic carbocycles. The first-order valence-electron chi connectivity index (χ1n) is 7.41. The summed E-state index contributed by atoms with van der Waals surface area (Å²) < 4.78 is 3.72. The quantitative estimate of drug-likeness (QED) is 0.908. The van der Waals surface area contributed by atoms with E-state index in [-0.39, 0.29) is 12.1 Å². The van der Waals surface area contributed by atoms with Gasteiger partial charge in [-0.1, -0.05) is 34.8 Å². The van der Waals surface area contributed by atoms with Gasteiger partial charge in [-0.05, 0) is 24.9 Å². The number of nitrogens with one attached hydrogen (secondary N) is 2. The fourth-order valence-electron chi connectivity index (χ4n) is 2.71. The van der Waals surface area contributed by atoms with Crippen molar-refractivity contribution < 1.29 is 4.79 Å². The van der Waals surface area contributed by atoms with Crippen LogP contribution in [0.15, 0.2) is 36.5 Å². The molecule has 0 spiro atoms. The van der Waals surface area contributed by atoms with Gasteiger partial charge in [0.2, 0.25) is 0 Å². The van der Waals surface area contributed by atoms with Crippen LogP contribution in [0.4, 0.5) is 9.80 Å². The predicted octanol–water partition coefficient (Wildman–Crippen LogP) is 2.32. The van der Waals surface area contributed by atoms with Gasteiger partial charge in [0.05, 0.1) is 6.20 Å². The number of urea groups is 1. The minimum Gasteiger partial charge on any atom is -0.334 e. The van der Waals surface area contributed by atoms with Crippen molar-refractivity contribution in [1.82, 2.24) is 19.8 Å². The van der Waals surface area contributed by atoms with Crippen molar-refractivity contribution in [3.05, 3.63) is 42.1 Å². The Morgan fingerprint density at radius 2 is 2.23 bits per heavy atom. The molecule has 1 aliphatic heterocycles. The summed E-state index contributed by atoms with van der Waals surface area (Å²) in [5.74, 6) is 0. The van der Waals surface area contributed by atoms with Crippen LogP contribution < -0.4 is 10.6 Å². The highest BCUT2D eigenvalue weighted by Gasteiger charge is 2.21. The maximum atomic E-state index is 12.0. The van der Waals surface area contributed by atoms with E-state index >= 15 is 0 Å². The van der Waals surface area contributed by atoms with Gasteiger partial charge in [0.25, 0.3) is 0 Å². The van der Waals surface area contributed by atoms with E-state index in [0.29, 0.717) is 5.00 Å². The Balaban J connectivity index is 1.49. The second kappa shape index (κ2) is 7.33. The molecule has 1 aliphatic rings. The number of amides is 2. The molecular formula is C15H19N5OS. The van der Waals surface area contributed by atoms with Gasteiger partial charge in [-0.2, -0.15) is 0 Å². The first-order chi connectivity index (χ1) is 10.8. The second-order valence-corrected chi connectivity index (χ2v) is 6.23. The van der Waals surface area contributed by atoms with Gasteiger partial charge in [0, 0.05) is 30.7 Å². The summed E-state index contributed by atoms with van der Waals surface area (Å²) in [6.07, 6.45) is 3.66. The number of carbonyl (C=O) groups is 1. The Bertz CT molecular complexity index is 589. The Kier molecular flexibility index (Phi) is 4.97. The zero-order valence-corrected chi connectivity index (χ0v) is 13.1. The fourth-order valence-corrected chi connectivity index (χ4v) is 3.13. The zero-order valence-electron chi connectivity index (χ0n) is 12.2. The number of likely N-dealkylation sites (tertiary alicyclic amines) is 1. The van der Waals surface area contributed by atoms with Gasteiger partial charge < -0.3 is 5.32 Å². The van der Waals surface area contributed by atoms with Crippen LogP contribution in [0.25, 0.3) is 0 Å². The number of nitrogens with zero attached hydrogens (tertiary/aromatic N) is 3.